The summed E-state index contributed by atoms with van der Waals surface area (Å²) in [5, 5.41) is 5.20. The standard InChI is InChI=1S/C12H11N3OS/c1-9-8-17-12(14-9)15-11(16)5-4-10-3-2-6-13-7-10/h2-8H,1H3,(H,14,15,16)/b5-4+. The number of carbonyl (C=O) groups excluding carboxylic acids is 1. The summed E-state index contributed by atoms with van der Waals surface area (Å²) in [7, 11) is 0. The van der Waals surface area contributed by atoms with Gasteiger partial charge in [0.15, 0.2) is 5.13 Å². The van der Waals surface area contributed by atoms with Crippen LogP contribution in [0.25, 0.3) is 6.08 Å². The van der Waals surface area contributed by atoms with E-state index in [9.17, 15) is 4.79 Å². The minimum atomic E-state index is -0.191. The average Bonchev–Trinajstić information content (AvgIpc) is 2.73. The number of carbonyl (C=O) groups is 1. The molecule has 0 atom stereocenters. The third-order valence-corrected chi connectivity index (χ3v) is 2.84. The van der Waals surface area contributed by atoms with E-state index in [1.165, 1.54) is 17.4 Å². The van der Waals surface area contributed by atoms with Crippen molar-refractivity contribution in [3.8, 4) is 0 Å². The Balaban J connectivity index is 1.96. The van der Waals surface area contributed by atoms with E-state index in [2.05, 4.69) is 15.3 Å². The Morgan fingerprint density at radius 2 is 2.41 bits per heavy atom. The first-order valence-corrected chi connectivity index (χ1v) is 5.93. The fraction of sp³-hybridized carbons (Fsp3) is 0.0833. The van der Waals surface area contributed by atoms with Crippen molar-refractivity contribution in [2.45, 2.75) is 6.92 Å². The van der Waals surface area contributed by atoms with Crippen LogP contribution >= 0.6 is 11.3 Å². The lowest BCUT2D eigenvalue weighted by Gasteiger charge is -1.95. The molecule has 5 heteroatoms. The zero-order chi connectivity index (χ0) is 12.1. The predicted molar refractivity (Wildman–Crippen MR) is 68.8 cm³/mol. The molecule has 0 aliphatic heterocycles. The van der Waals surface area contributed by atoms with Crippen molar-refractivity contribution in [2.24, 2.45) is 0 Å². The van der Waals surface area contributed by atoms with Gasteiger partial charge in [-0.15, -0.1) is 11.3 Å². The van der Waals surface area contributed by atoms with Gasteiger partial charge in [-0.25, -0.2) is 4.98 Å². The van der Waals surface area contributed by atoms with Crippen LogP contribution in [0.1, 0.15) is 11.3 Å². The van der Waals surface area contributed by atoms with Gasteiger partial charge in [0.05, 0.1) is 5.69 Å². The molecule has 0 bridgehead atoms. The Labute approximate surface area is 103 Å². The SMILES string of the molecule is Cc1csc(NC(=O)/C=C/c2cccnc2)n1. The van der Waals surface area contributed by atoms with Crippen molar-refractivity contribution in [3.63, 3.8) is 0 Å². The minimum absolute atomic E-state index is 0.191. The number of amides is 1. The molecule has 1 N–H and O–H groups in total. The van der Waals surface area contributed by atoms with Crippen LogP contribution in [0.4, 0.5) is 5.13 Å². The third-order valence-electron chi connectivity index (χ3n) is 1.96. The second-order valence-corrected chi connectivity index (χ2v) is 4.26. The van der Waals surface area contributed by atoms with E-state index < -0.39 is 0 Å². The highest BCUT2D eigenvalue weighted by molar-refractivity contribution is 7.13. The second-order valence-electron chi connectivity index (χ2n) is 3.40. The topological polar surface area (TPSA) is 54.9 Å². The van der Waals surface area contributed by atoms with E-state index in [-0.39, 0.29) is 5.91 Å². The number of nitrogens with one attached hydrogen (secondary N) is 1. The summed E-state index contributed by atoms with van der Waals surface area (Å²) < 4.78 is 0. The molecule has 0 aromatic carbocycles. The van der Waals surface area contributed by atoms with Crippen LogP contribution in [0.5, 0.6) is 0 Å². The third kappa shape index (κ3) is 3.49. The molecule has 0 saturated heterocycles. The number of rotatable bonds is 3. The van der Waals surface area contributed by atoms with Gasteiger partial charge in [0.1, 0.15) is 0 Å². The molecular formula is C12H11N3OS. The Kier molecular flexibility index (Phi) is 3.62. The van der Waals surface area contributed by atoms with Crippen molar-refractivity contribution in [3.05, 3.63) is 47.2 Å². The smallest absolute Gasteiger partial charge is 0.250 e. The van der Waals surface area contributed by atoms with Gasteiger partial charge in [0.25, 0.3) is 0 Å². The van der Waals surface area contributed by atoms with Crippen LogP contribution in [0.15, 0.2) is 36.0 Å². The van der Waals surface area contributed by atoms with E-state index in [1.54, 1.807) is 18.5 Å². The summed E-state index contributed by atoms with van der Waals surface area (Å²) in [5.74, 6) is -0.191. The quantitative estimate of drug-likeness (QED) is 0.845. The molecule has 17 heavy (non-hydrogen) atoms. The second kappa shape index (κ2) is 5.36. The summed E-state index contributed by atoms with van der Waals surface area (Å²) in [5.41, 5.74) is 1.79. The van der Waals surface area contributed by atoms with Gasteiger partial charge < -0.3 is 0 Å². The van der Waals surface area contributed by atoms with Crippen LogP contribution in [0.2, 0.25) is 0 Å². The molecule has 0 saturated carbocycles. The molecule has 4 nitrogen and oxygen atoms in total. The summed E-state index contributed by atoms with van der Waals surface area (Å²) in [6.07, 6.45) is 6.56. The molecule has 2 aromatic heterocycles. The molecule has 2 aromatic rings. The number of aromatic nitrogens is 2. The highest BCUT2D eigenvalue weighted by Gasteiger charge is 2.01. The molecule has 2 heterocycles. The van der Waals surface area contributed by atoms with Crippen molar-refractivity contribution in [2.75, 3.05) is 5.32 Å². The molecule has 0 aliphatic rings. The van der Waals surface area contributed by atoms with Crippen LogP contribution in [0.3, 0.4) is 0 Å². The average molecular weight is 245 g/mol. The lowest BCUT2D eigenvalue weighted by atomic mass is 10.2. The molecular weight excluding hydrogens is 234 g/mol. The first-order valence-electron chi connectivity index (χ1n) is 5.05. The predicted octanol–water partition coefficient (Wildman–Crippen LogP) is 2.50. The Morgan fingerprint density at radius 3 is 3.06 bits per heavy atom. The summed E-state index contributed by atoms with van der Waals surface area (Å²) in [6.45, 7) is 1.89. The lowest BCUT2D eigenvalue weighted by Crippen LogP contribution is -2.07. The van der Waals surface area contributed by atoms with Gasteiger partial charge in [0, 0.05) is 23.8 Å². The first-order chi connectivity index (χ1) is 8.24. The first kappa shape index (κ1) is 11.5. The van der Waals surface area contributed by atoms with Gasteiger partial charge in [-0.3, -0.25) is 15.1 Å². The van der Waals surface area contributed by atoms with Crippen molar-refractivity contribution in [1.82, 2.24) is 9.97 Å². The maximum absolute atomic E-state index is 11.5. The van der Waals surface area contributed by atoms with Crippen LogP contribution in [-0.4, -0.2) is 15.9 Å². The van der Waals surface area contributed by atoms with E-state index in [0.29, 0.717) is 5.13 Å². The monoisotopic (exact) mass is 245 g/mol. The highest BCUT2D eigenvalue weighted by atomic mass is 32.1. The fourth-order valence-electron chi connectivity index (χ4n) is 1.20. The van der Waals surface area contributed by atoms with Crippen LogP contribution < -0.4 is 5.32 Å². The number of hydrogen-bond acceptors (Lipinski definition) is 4. The Hall–Kier alpha value is -2.01. The molecule has 0 fully saturated rings. The summed E-state index contributed by atoms with van der Waals surface area (Å²) in [4.78, 5) is 19.6. The molecule has 2 rings (SSSR count). The van der Waals surface area contributed by atoms with Gasteiger partial charge in [-0.1, -0.05) is 6.07 Å². The van der Waals surface area contributed by atoms with E-state index in [4.69, 9.17) is 0 Å². The zero-order valence-corrected chi connectivity index (χ0v) is 10.1. The number of nitrogens with zero attached hydrogens (tertiary/aromatic N) is 2. The van der Waals surface area contributed by atoms with Gasteiger partial charge in [0.2, 0.25) is 5.91 Å². The normalized spacial score (nSPS) is 10.6. The number of aryl methyl sites for hydroxylation is 1. The number of anilines is 1. The minimum Gasteiger partial charge on any atom is -0.298 e. The zero-order valence-electron chi connectivity index (χ0n) is 9.25. The molecule has 0 aliphatic carbocycles. The number of thiazole rings is 1. The van der Waals surface area contributed by atoms with Gasteiger partial charge >= 0.3 is 0 Å². The largest absolute Gasteiger partial charge is 0.298 e. The molecule has 0 spiro atoms. The van der Waals surface area contributed by atoms with Crippen LogP contribution in [-0.2, 0) is 4.79 Å². The summed E-state index contributed by atoms with van der Waals surface area (Å²) >= 11 is 1.41. The maximum atomic E-state index is 11.5. The fourth-order valence-corrected chi connectivity index (χ4v) is 1.90. The number of hydrogen-bond donors (Lipinski definition) is 1. The molecule has 86 valence electrons. The van der Waals surface area contributed by atoms with E-state index in [0.717, 1.165) is 11.3 Å². The van der Waals surface area contributed by atoms with Crippen molar-refractivity contribution in [1.29, 1.82) is 0 Å². The Morgan fingerprint density at radius 1 is 1.53 bits per heavy atom. The van der Waals surface area contributed by atoms with E-state index in [1.807, 2.05) is 24.4 Å². The molecule has 0 unspecified atom stereocenters. The molecule has 0 radical (unpaired) electrons. The summed E-state index contributed by atoms with van der Waals surface area (Å²) in [6, 6.07) is 3.70. The highest BCUT2D eigenvalue weighted by Crippen LogP contribution is 2.14. The van der Waals surface area contributed by atoms with Crippen molar-refractivity contribution < 1.29 is 4.79 Å². The Bertz CT molecular complexity index is 534. The van der Waals surface area contributed by atoms with E-state index >= 15 is 0 Å². The lowest BCUT2D eigenvalue weighted by molar-refractivity contribution is -0.111. The van der Waals surface area contributed by atoms with Crippen molar-refractivity contribution >= 4 is 28.5 Å². The van der Waals surface area contributed by atoms with Crippen LogP contribution in [0, 0.1) is 6.92 Å². The number of pyridine rings is 1. The molecule has 1 amide bonds. The maximum Gasteiger partial charge on any atom is 0.250 e. The van der Waals surface area contributed by atoms with Gasteiger partial charge in [-0.2, -0.15) is 0 Å². The van der Waals surface area contributed by atoms with Gasteiger partial charge in [-0.05, 0) is 24.6 Å².